The summed E-state index contributed by atoms with van der Waals surface area (Å²) in [5.74, 6) is -4.11. The Balaban J connectivity index is 2.92. The number of hydrogen-bond donors (Lipinski definition) is 5. The summed E-state index contributed by atoms with van der Waals surface area (Å²) in [4.78, 5) is 62.2. The molecule has 0 spiro atoms. The van der Waals surface area contributed by atoms with Gasteiger partial charge in [-0.15, -0.1) is 0 Å². The number of aliphatic carboxylic acids is 2. The first-order valence-electron chi connectivity index (χ1n) is 10.6. The molecule has 182 valence electrons. The summed E-state index contributed by atoms with van der Waals surface area (Å²) >= 11 is 1.40. The fourth-order valence-electron chi connectivity index (χ4n) is 3.41. The van der Waals surface area contributed by atoms with Crippen molar-refractivity contribution in [2.24, 2.45) is 11.7 Å². The van der Waals surface area contributed by atoms with Gasteiger partial charge >= 0.3 is 11.9 Å². The summed E-state index contributed by atoms with van der Waals surface area (Å²) in [5.41, 5.74) is 6.03. The van der Waals surface area contributed by atoms with Crippen LogP contribution in [0, 0.1) is 5.92 Å². The quantitative estimate of drug-likeness (QED) is 0.238. The van der Waals surface area contributed by atoms with E-state index in [4.69, 9.17) is 10.8 Å². The van der Waals surface area contributed by atoms with Crippen LogP contribution in [-0.4, -0.2) is 87.5 Å². The van der Waals surface area contributed by atoms with Gasteiger partial charge in [-0.1, -0.05) is 20.3 Å². The maximum absolute atomic E-state index is 12.9. The fraction of sp³-hybridized carbons (Fsp3) is 0.750. The van der Waals surface area contributed by atoms with Gasteiger partial charge in [-0.2, -0.15) is 11.8 Å². The lowest BCUT2D eigenvalue weighted by atomic mass is 9.98. The predicted octanol–water partition coefficient (Wildman–Crippen LogP) is -0.367. The molecule has 1 aliphatic rings. The Kier molecular flexibility index (Phi) is 11.5. The van der Waals surface area contributed by atoms with Crippen LogP contribution in [0.25, 0.3) is 0 Å². The zero-order valence-electron chi connectivity index (χ0n) is 18.7. The molecule has 1 fully saturated rings. The third kappa shape index (κ3) is 7.97. The number of nitrogens with zero attached hydrogens (tertiary/aromatic N) is 1. The largest absolute Gasteiger partial charge is 0.481 e. The topological polar surface area (TPSA) is 179 Å². The molecule has 0 aromatic carbocycles. The van der Waals surface area contributed by atoms with Crippen molar-refractivity contribution < 1.29 is 34.2 Å². The highest BCUT2D eigenvalue weighted by Gasteiger charge is 2.39. The lowest BCUT2D eigenvalue weighted by molar-refractivity contribution is -0.145. The molecule has 12 heteroatoms. The van der Waals surface area contributed by atoms with Crippen molar-refractivity contribution in [2.75, 3.05) is 18.6 Å². The molecule has 0 bridgehead atoms. The van der Waals surface area contributed by atoms with Crippen LogP contribution < -0.4 is 16.4 Å². The van der Waals surface area contributed by atoms with Crippen LogP contribution in [0.15, 0.2) is 0 Å². The average Bonchev–Trinajstić information content (AvgIpc) is 3.23. The molecule has 5 atom stereocenters. The third-order valence-corrected chi connectivity index (χ3v) is 6.26. The number of amides is 3. The summed E-state index contributed by atoms with van der Waals surface area (Å²) in [6.07, 6.45) is 2.84. The fourth-order valence-corrected chi connectivity index (χ4v) is 3.88. The molecule has 5 unspecified atom stereocenters. The van der Waals surface area contributed by atoms with Crippen LogP contribution >= 0.6 is 11.8 Å². The van der Waals surface area contributed by atoms with Gasteiger partial charge in [-0.25, -0.2) is 4.79 Å². The summed E-state index contributed by atoms with van der Waals surface area (Å²) < 4.78 is 0. The molecule has 11 nitrogen and oxygen atoms in total. The standard InChI is InChI=1S/C20H34N4O7S/c1-4-11(2)16(21)19(29)24-8-5-6-14(24)18(28)23-13(10-15(25)26)17(27)22-12(20(30)31)7-9-32-3/h11-14,16H,4-10,21H2,1-3H3,(H,22,27)(H,23,28)(H,25,26)(H,30,31). The molecule has 32 heavy (non-hydrogen) atoms. The molecule has 1 saturated heterocycles. The van der Waals surface area contributed by atoms with Gasteiger partial charge in [0.2, 0.25) is 17.7 Å². The Labute approximate surface area is 191 Å². The van der Waals surface area contributed by atoms with Crippen molar-refractivity contribution in [3.05, 3.63) is 0 Å². The van der Waals surface area contributed by atoms with Gasteiger partial charge in [0.25, 0.3) is 0 Å². The predicted molar refractivity (Wildman–Crippen MR) is 119 cm³/mol. The maximum Gasteiger partial charge on any atom is 0.326 e. The van der Waals surface area contributed by atoms with E-state index in [1.165, 1.54) is 16.7 Å². The number of nitrogens with two attached hydrogens (primary N) is 1. The minimum Gasteiger partial charge on any atom is -0.481 e. The molecule has 0 aromatic rings. The Morgan fingerprint density at radius 2 is 1.81 bits per heavy atom. The van der Waals surface area contributed by atoms with E-state index in [2.05, 4.69) is 10.6 Å². The second kappa shape index (κ2) is 13.3. The highest BCUT2D eigenvalue weighted by atomic mass is 32.2. The molecular formula is C20H34N4O7S. The number of carbonyl (C=O) groups excluding carboxylic acids is 3. The molecule has 1 aliphatic heterocycles. The van der Waals surface area contributed by atoms with Crippen molar-refractivity contribution in [3.8, 4) is 0 Å². The third-order valence-electron chi connectivity index (χ3n) is 5.62. The van der Waals surface area contributed by atoms with Crippen molar-refractivity contribution in [2.45, 2.75) is 70.1 Å². The van der Waals surface area contributed by atoms with E-state index in [0.29, 0.717) is 31.6 Å². The smallest absolute Gasteiger partial charge is 0.326 e. The molecule has 1 rings (SSSR count). The molecular weight excluding hydrogens is 440 g/mol. The van der Waals surface area contributed by atoms with Crippen LogP contribution in [0.5, 0.6) is 0 Å². The number of carboxylic acid groups (broad SMARTS) is 2. The number of carbonyl (C=O) groups is 5. The summed E-state index contributed by atoms with van der Waals surface area (Å²) in [7, 11) is 0. The molecule has 0 aliphatic carbocycles. The molecule has 1 heterocycles. The van der Waals surface area contributed by atoms with Crippen LogP contribution in [0.4, 0.5) is 0 Å². The number of rotatable bonds is 13. The first kappa shape index (κ1) is 27.7. The Morgan fingerprint density at radius 1 is 1.16 bits per heavy atom. The van der Waals surface area contributed by atoms with E-state index in [0.717, 1.165) is 0 Å². The van der Waals surface area contributed by atoms with Gasteiger partial charge in [0.1, 0.15) is 18.1 Å². The van der Waals surface area contributed by atoms with Crippen molar-refractivity contribution in [3.63, 3.8) is 0 Å². The molecule has 3 amide bonds. The SMILES string of the molecule is CCC(C)C(N)C(=O)N1CCCC1C(=O)NC(CC(=O)O)C(=O)NC(CCSC)C(=O)O. The van der Waals surface area contributed by atoms with Gasteiger partial charge in [0.05, 0.1) is 12.5 Å². The van der Waals surface area contributed by atoms with E-state index in [9.17, 15) is 29.1 Å². The number of carboxylic acids is 2. The first-order valence-corrected chi connectivity index (χ1v) is 12.0. The highest BCUT2D eigenvalue weighted by molar-refractivity contribution is 7.98. The lowest BCUT2D eigenvalue weighted by Crippen LogP contribution is -2.57. The number of likely N-dealkylation sites (tertiary alicyclic amines) is 1. The van der Waals surface area contributed by atoms with Crippen LogP contribution in [0.3, 0.4) is 0 Å². The summed E-state index contributed by atoms with van der Waals surface area (Å²) in [6.45, 7) is 4.09. The van der Waals surface area contributed by atoms with E-state index >= 15 is 0 Å². The Hall–Kier alpha value is -2.34. The van der Waals surface area contributed by atoms with Crippen LogP contribution in [0.2, 0.25) is 0 Å². The van der Waals surface area contributed by atoms with E-state index in [-0.39, 0.29) is 18.2 Å². The number of nitrogens with one attached hydrogen (secondary N) is 2. The van der Waals surface area contributed by atoms with Gasteiger partial charge in [-0.3, -0.25) is 19.2 Å². The second-order valence-corrected chi connectivity index (χ2v) is 8.93. The zero-order valence-corrected chi connectivity index (χ0v) is 19.5. The van der Waals surface area contributed by atoms with Crippen LogP contribution in [0.1, 0.15) is 46.0 Å². The molecule has 0 radical (unpaired) electrons. The van der Waals surface area contributed by atoms with Gasteiger partial charge in [-0.05, 0) is 37.2 Å². The zero-order chi connectivity index (χ0) is 24.4. The second-order valence-electron chi connectivity index (χ2n) is 7.94. The summed E-state index contributed by atoms with van der Waals surface area (Å²) in [6, 6.07) is -4.31. The minimum atomic E-state index is -1.48. The molecule has 6 N–H and O–H groups in total. The molecule has 0 aromatic heterocycles. The lowest BCUT2D eigenvalue weighted by Gasteiger charge is -2.30. The minimum absolute atomic E-state index is 0.0772. The maximum atomic E-state index is 12.9. The van der Waals surface area contributed by atoms with Crippen LogP contribution in [-0.2, 0) is 24.0 Å². The van der Waals surface area contributed by atoms with Gasteiger partial charge < -0.3 is 31.5 Å². The summed E-state index contributed by atoms with van der Waals surface area (Å²) in [5, 5.41) is 23.2. The molecule has 0 saturated carbocycles. The highest BCUT2D eigenvalue weighted by Crippen LogP contribution is 2.21. The number of hydrogen-bond acceptors (Lipinski definition) is 7. The number of thioether (sulfide) groups is 1. The van der Waals surface area contributed by atoms with Crippen molar-refractivity contribution in [1.82, 2.24) is 15.5 Å². The first-order chi connectivity index (χ1) is 15.0. The van der Waals surface area contributed by atoms with E-state index in [1.54, 1.807) is 6.26 Å². The Morgan fingerprint density at radius 3 is 2.34 bits per heavy atom. The monoisotopic (exact) mass is 474 g/mol. The van der Waals surface area contributed by atoms with Gasteiger partial charge in [0, 0.05) is 6.54 Å². The van der Waals surface area contributed by atoms with E-state index < -0.39 is 54.3 Å². The van der Waals surface area contributed by atoms with Gasteiger partial charge in [0.15, 0.2) is 0 Å². The average molecular weight is 475 g/mol. The van der Waals surface area contributed by atoms with Crippen molar-refractivity contribution >= 4 is 41.4 Å². The van der Waals surface area contributed by atoms with Crippen molar-refractivity contribution in [1.29, 1.82) is 0 Å². The Bertz CT molecular complexity index is 705. The van der Waals surface area contributed by atoms with E-state index in [1.807, 2.05) is 13.8 Å². The normalized spacial score (nSPS) is 19.5.